The molecular formula is C12H19NOS. The van der Waals surface area contributed by atoms with Crippen LogP contribution in [-0.2, 0) is 4.74 Å². The van der Waals surface area contributed by atoms with Gasteiger partial charge in [-0.1, -0.05) is 6.07 Å². The molecule has 0 spiro atoms. The van der Waals surface area contributed by atoms with Gasteiger partial charge in [0.05, 0.1) is 0 Å². The van der Waals surface area contributed by atoms with Gasteiger partial charge in [0, 0.05) is 30.2 Å². The highest BCUT2D eigenvalue weighted by Gasteiger charge is 2.15. The first-order valence-corrected chi connectivity index (χ1v) is 6.61. The van der Waals surface area contributed by atoms with Crippen molar-refractivity contribution < 1.29 is 4.74 Å². The molecule has 0 amide bonds. The minimum absolute atomic E-state index is 0.480. The standard InChI is InChI=1S/C12H19NOS/c1-10(12-5-3-9-15-12)13-11-4-2-7-14-8-6-11/h3,5,9-11,13H,2,4,6-8H2,1H3/t10-,11?/m0/s1. The second-order valence-electron chi connectivity index (χ2n) is 4.14. The van der Waals surface area contributed by atoms with E-state index in [4.69, 9.17) is 4.74 Å². The molecule has 3 heteroatoms. The van der Waals surface area contributed by atoms with Crippen molar-refractivity contribution in [2.24, 2.45) is 0 Å². The molecule has 2 nitrogen and oxygen atoms in total. The van der Waals surface area contributed by atoms with Gasteiger partial charge in [-0.3, -0.25) is 0 Å². The topological polar surface area (TPSA) is 21.3 Å². The highest BCUT2D eigenvalue weighted by atomic mass is 32.1. The Kier molecular flexibility index (Phi) is 4.18. The van der Waals surface area contributed by atoms with Crippen molar-refractivity contribution in [2.45, 2.75) is 38.3 Å². The zero-order chi connectivity index (χ0) is 10.5. The Bertz CT molecular complexity index is 265. The molecule has 1 aliphatic heterocycles. The zero-order valence-electron chi connectivity index (χ0n) is 9.24. The predicted molar refractivity (Wildman–Crippen MR) is 64.3 cm³/mol. The molecule has 1 fully saturated rings. The third-order valence-corrected chi connectivity index (χ3v) is 3.96. The molecule has 2 atom stereocenters. The van der Waals surface area contributed by atoms with Gasteiger partial charge >= 0.3 is 0 Å². The lowest BCUT2D eigenvalue weighted by molar-refractivity contribution is 0.142. The molecule has 1 unspecified atom stereocenters. The first-order valence-electron chi connectivity index (χ1n) is 5.73. The van der Waals surface area contributed by atoms with Crippen LogP contribution in [0.2, 0.25) is 0 Å². The summed E-state index contributed by atoms with van der Waals surface area (Å²) in [6.45, 7) is 4.10. The molecule has 84 valence electrons. The van der Waals surface area contributed by atoms with Crippen molar-refractivity contribution in [3.63, 3.8) is 0 Å². The summed E-state index contributed by atoms with van der Waals surface area (Å²) in [5.41, 5.74) is 0. The molecule has 1 aliphatic rings. The van der Waals surface area contributed by atoms with Crippen molar-refractivity contribution in [3.05, 3.63) is 22.4 Å². The zero-order valence-corrected chi connectivity index (χ0v) is 10.1. The van der Waals surface area contributed by atoms with Crippen LogP contribution in [0.25, 0.3) is 0 Å². The summed E-state index contributed by atoms with van der Waals surface area (Å²) >= 11 is 1.83. The number of thiophene rings is 1. The normalized spacial score (nSPS) is 24.7. The molecule has 0 aliphatic carbocycles. The number of rotatable bonds is 3. The summed E-state index contributed by atoms with van der Waals surface area (Å²) in [7, 11) is 0. The molecule has 2 heterocycles. The summed E-state index contributed by atoms with van der Waals surface area (Å²) in [6.07, 6.45) is 3.58. The van der Waals surface area contributed by atoms with Crippen LogP contribution in [-0.4, -0.2) is 19.3 Å². The number of hydrogen-bond acceptors (Lipinski definition) is 3. The van der Waals surface area contributed by atoms with Crippen LogP contribution in [0, 0.1) is 0 Å². The van der Waals surface area contributed by atoms with Crippen LogP contribution in [0.4, 0.5) is 0 Å². The van der Waals surface area contributed by atoms with Gasteiger partial charge in [-0.05, 0) is 37.6 Å². The average molecular weight is 225 g/mol. The minimum Gasteiger partial charge on any atom is -0.381 e. The van der Waals surface area contributed by atoms with E-state index < -0.39 is 0 Å². The third kappa shape index (κ3) is 3.30. The van der Waals surface area contributed by atoms with Crippen molar-refractivity contribution in [3.8, 4) is 0 Å². The second-order valence-corrected chi connectivity index (χ2v) is 5.12. The second kappa shape index (κ2) is 5.64. The number of nitrogens with one attached hydrogen (secondary N) is 1. The van der Waals surface area contributed by atoms with E-state index in [-0.39, 0.29) is 0 Å². The lowest BCUT2D eigenvalue weighted by Gasteiger charge is -2.20. The van der Waals surface area contributed by atoms with Gasteiger partial charge in [0.1, 0.15) is 0 Å². The first-order chi connectivity index (χ1) is 7.36. The fraction of sp³-hybridized carbons (Fsp3) is 0.667. The first kappa shape index (κ1) is 11.1. The van der Waals surface area contributed by atoms with Crippen LogP contribution in [0.1, 0.15) is 37.1 Å². The van der Waals surface area contributed by atoms with Gasteiger partial charge in [-0.2, -0.15) is 0 Å². The van der Waals surface area contributed by atoms with Crippen molar-refractivity contribution in [1.29, 1.82) is 0 Å². The van der Waals surface area contributed by atoms with Gasteiger partial charge in [-0.15, -0.1) is 11.3 Å². The summed E-state index contributed by atoms with van der Waals surface area (Å²) in [4.78, 5) is 1.43. The summed E-state index contributed by atoms with van der Waals surface area (Å²) in [5, 5.41) is 5.83. The van der Waals surface area contributed by atoms with Crippen molar-refractivity contribution in [2.75, 3.05) is 13.2 Å². The SMILES string of the molecule is C[C@H](NC1CCCOCC1)c1cccs1. The van der Waals surface area contributed by atoms with E-state index >= 15 is 0 Å². The highest BCUT2D eigenvalue weighted by molar-refractivity contribution is 7.10. The molecular weight excluding hydrogens is 206 g/mol. The molecule has 1 aromatic rings. The molecule has 2 rings (SSSR count). The number of ether oxygens (including phenoxy) is 1. The maximum Gasteiger partial charge on any atom is 0.0480 e. The van der Waals surface area contributed by atoms with Crippen LogP contribution < -0.4 is 5.32 Å². The third-order valence-electron chi connectivity index (χ3n) is 2.91. The van der Waals surface area contributed by atoms with Crippen LogP contribution in [0.15, 0.2) is 17.5 Å². The van der Waals surface area contributed by atoms with Crippen molar-refractivity contribution in [1.82, 2.24) is 5.32 Å². The van der Waals surface area contributed by atoms with Gasteiger partial charge in [-0.25, -0.2) is 0 Å². The largest absolute Gasteiger partial charge is 0.381 e. The van der Waals surface area contributed by atoms with Crippen LogP contribution in [0.3, 0.4) is 0 Å². The van der Waals surface area contributed by atoms with E-state index in [1.54, 1.807) is 0 Å². The number of hydrogen-bond donors (Lipinski definition) is 1. The monoisotopic (exact) mass is 225 g/mol. The smallest absolute Gasteiger partial charge is 0.0480 e. The Morgan fingerprint density at radius 1 is 1.47 bits per heavy atom. The highest BCUT2D eigenvalue weighted by Crippen LogP contribution is 2.20. The van der Waals surface area contributed by atoms with E-state index in [2.05, 4.69) is 29.8 Å². The quantitative estimate of drug-likeness (QED) is 0.854. The fourth-order valence-electron chi connectivity index (χ4n) is 2.04. The lowest BCUT2D eigenvalue weighted by Crippen LogP contribution is -2.31. The van der Waals surface area contributed by atoms with Gasteiger partial charge < -0.3 is 10.1 Å². The van der Waals surface area contributed by atoms with Crippen LogP contribution >= 0.6 is 11.3 Å². The van der Waals surface area contributed by atoms with E-state index in [1.807, 2.05) is 11.3 Å². The molecule has 1 saturated heterocycles. The maximum atomic E-state index is 5.46. The Labute approximate surface area is 95.6 Å². The molecule has 15 heavy (non-hydrogen) atoms. The Morgan fingerprint density at radius 3 is 3.20 bits per heavy atom. The Hall–Kier alpha value is -0.380. The summed E-state index contributed by atoms with van der Waals surface area (Å²) in [6, 6.07) is 5.43. The van der Waals surface area contributed by atoms with Gasteiger partial charge in [0.2, 0.25) is 0 Å². The minimum atomic E-state index is 0.480. The lowest BCUT2D eigenvalue weighted by atomic mass is 10.1. The Balaban J connectivity index is 1.84. The fourth-order valence-corrected chi connectivity index (χ4v) is 2.79. The summed E-state index contributed by atoms with van der Waals surface area (Å²) < 4.78 is 5.46. The van der Waals surface area contributed by atoms with Gasteiger partial charge in [0.25, 0.3) is 0 Å². The molecule has 1 aromatic heterocycles. The van der Waals surface area contributed by atoms with E-state index in [9.17, 15) is 0 Å². The van der Waals surface area contributed by atoms with Crippen molar-refractivity contribution >= 4 is 11.3 Å². The maximum absolute atomic E-state index is 5.46. The molecule has 0 aromatic carbocycles. The van der Waals surface area contributed by atoms with E-state index in [0.717, 1.165) is 19.6 Å². The van der Waals surface area contributed by atoms with E-state index in [0.29, 0.717) is 12.1 Å². The van der Waals surface area contributed by atoms with Crippen LogP contribution in [0.5, 0.6) is 0 Å². The molecule has 1 N–H and O–H groups in total. The predicted octanol–water partition coefficient (Wildman–Crippen LogP) is 2.97. The van der Waals surface area contributed by atoms with E-state index in [1.165, 1.54) is 17.7 Å². The van der Waals surface area contributed by atoms with Gasteiger partial charge in [0.15, 0.2) is 0 Å². The Morgan fingerprint density at radius 2 is 2.40 bits per heavy atom. The molecule has 0 saturated carbocycles. The molecule has 0 radical (unpaired) electrons. The molecule has 0 bridgehead atoms. The summed E-state index contributed by atoms with van der Waals surface area (Å²) in [5.74, 6) is 0. The average Bonchev–Trinajstić information content (AvgIpc) is 2.65.